The highest BCUT2D eigenvalue weighted by molar-refractivity contribution is 5.90. The number of halogens is 3. The number of fused-ring (bicyclic) bond motifs is 2. The first kappa shape index (κ1) is 14.4. The second kappa shape index (κ2) is 5.35. The third-order valence-electron chi connectivity index (χ3n) is 4.83. The van der Waals surface area contributed by atoms with E-state index in [4.69, 9.17) is 0 Å². The van der Waals surface area contributed by atoms with Crippen LogP contribution in [0.4, 0.5) is 18.9 Å². The average molecular weight is 297 g/mol. The first-order chi connectivity index (χ1) is 9.91. The van der Waals surface area contributed by atoms with Gasteiger partial charge in [0.25, 0.3) is 0 Å². The van der Waals surface area contributed by atoms with Gasteiger partial charge in [-0.25, -0.2) is 0 Å². The van der Waals surface area contributed by atoms with Gasteiger partial charge in [-0.1, -0.05) is 6.42 Å². The number of benzene rings is 1. The number of carbonyl (C=O) groups excluding carboxylic acids is 1. The maximum Gasteiger partial charge on any atom is 0.416 e. The Morgan fingerprint density at radius 1 is 1.14 bits per heavy atom. The molecule has 5 heteroatoms. The highest BCUT2D eigenvalue weighted by Crippen LogP contribution is 2.49. The molecule has 2 aliphatic rings. The lowest BCUT2D eigenvalue weighted by atomic mass is 9.86. The minimum atomic E-state index is -4.34. The molecule has 1 amide bonds. The van der Waals surface area contributed by atoms with Crippen LogP contribution in [0.5, 0.6) is 0 Å². The zero-order valence-corrected chi connectivity index (χ0v) is 11.6. The summed E-state index contributed by atoms with van der Waals surface area (Å²) < 4.78 is 37.4. The van der Waals surface area contributed by atoms with Gasteiger partial charge in [0, 0.05) is 12.1 Å². The summed E-state index contributed by atoms with van der Waals surface area (Å²) in [4.78, 5) is 12.0. The van der Waals surface area contributed by atoms with E-state index in [1.807, 2.05) is 0 Å². The van der Waals surface area contributed by atoms with Crippen molar-refractivity contribution in [2.75, 3.05) is 5.32 Å². The van der Waals surface area contributed by atoms with Crippen molar-refractivity contribution in [1.82, 2.24) is 0 Å². The van der Waals surface area contributed by atoms with Crippen molar-refractivity contribution in [1.29, 1.82) is 0 Å². The van der Waals surface area contributed by atoms with Crippen molar-refractivity contribution in [2.24, 2.45) is 17.8 Å². The summed E-state index contributed by atoms with van der Waals surface area (Å²) in [7, 11) is 0. The fourth-order valence-corrected chi connectivity index (χ4v) is 3.82. The van der Waals surface area contributed by atoms with Crippen LogP contribution in [0.3, 0.4) is 0 Å². The van der Waals surface area contributed by atoms with Crippen LogP contribution in [-0.2, 0) is 11.0 Å². The Kier molecular flexibility index (Phi) is 3.68. The molecule has 2 bridgehead atoms. The smallest absolute Gasteiger partial charge is 0.326 e. The summed E-state index contributed by atoms with van der Waals surface area (Å²) in [5, 5.41) is 2.70. The number of carbonyl (C=O) groups is 1. The molecule has 0 spiro atoms. The van der Waals surface area contributed by atoms with Gasteiger partial charge in [0.2, 0.25) is 5.91 Å². The lowest BCUT2D eigenvalue weighted by Gasteiger charge is -2.20. The van der Waals surface area contributed by atoms with E-state index < -0.39 is 11.7 Å². The molecule has 1 aromatic carbocycles. The average Bonchev–Trinajstić information content (AvgIpc) is 3.00. The van der Waals surface area contributed by atoms with Gasteiger partial charge in [-0.05, 0) is 61.3 Å². The van der Waals surface area contributed by atoms with Crippen LogP contribution in [0.25, 0.3) is 0 Å². The van der Waals surface area contributed by atoms with Crippen LogP contribution in [0.2, 0.25) is 0 Å². The summed E-state index contributed by atoms with van der Waals surface area (Å²) in [5.74, 6) is 1.83. The molecule has 0 unspecified atom stereocenters. The normalized spacial score (nSPS) is 27.9. The van der Waals surface area contributed by atoms with Gasteiger partial charge >= 0.3 is 6.18 Å². The number of rotatable bonds is 3. The van der Waals surface area contributed by atoms with E-state index in [0.717, 1.165) is 24.5 Å². The van der Waals surface area contributed by atoms with E-state index >= 15 is 0 Å². The number of anilines is 1. The van der Waals surface area contributed by atoms with Gasteiger partial charge < -0.3 is 5.32 Å². The van der Waals surface area contributed by atoms with Gasteiger partial charge in [0.05, 0.1) is 5.56 Å². The van der Waals surface area contributed by atoms with Gasteiger partial charge in [-0.15, -0.1) is 0 Å². The van der Waals surface area contributed by atoms with Crippen molar-refractivity contribution in [3.63, 3.8) is 0 Å². The maximum atomic E-state index is 12.5. The van der Waals surface area contributed by atoms with E-state index in [0.29, 0.717) is 23.9 Å². The zero-order chi connectivity index (χ0) is 15.0. The number of nitrogens with one attached hydrogen (secondary N) is 1. The van der Waals surface area contributed by atoms with E-state index in [2.05, 4.69) is 5.32 Å². The molecule has 3 rings (SSSR count). The molecular formula is C16H18F3NO. The van der Waals surface area contributed by atoms with Crippen molar-refractivity contribution in [3.8, 4) is 0 Å². The molecular weight excluding hydrogens is 279 g/mol. The second-order valence-corrected chi connectivity index (χ2v) is 6.26. The molecule has 1 N–H and O–H groups in total. The van der Waals surface area contributed by atoms with Gasteiger partial charge in [-0.2, -0.15) is 13.2 Å². The van der Waals surface area contributed by atoms with Gasteiger partial charge in [-0.3, -0.25) is 4.79 Å². The van der Waals surface area contributed by atoms with Crippen molar-refractivity contribution in [3.05, 3.63) is 29.8 Å². The lowest BCUT2D eigenvalue weighted by molar-refractivity contribution is -0.137. The highest BCUT2D eigenvalue weighted by Gasteiger charge is 2.40. The van der Waals surface area contributed by atoms with Gasteiger partial charge in [0.15, 0.2) is 0 Å². The fourth-order valence-electron chi connectivity index (χ4n) is 3.82. The predicted molar refractivity (Wildman–Crippen MR) is 73.6 cm³/mol. The van der Waals surface area contributed by atoms with E-state index in [1.165, 1.54) is 31.4 Å². The van der Waals surface area contributed by atoms with Crippen molar-refractivity contribution >= 4 is 11.6 Å². The minimum absolute atomic E-state index is 0.0905. The Hall–Kier alpha value is -1.52. The molecule has 114 valence electrons. The summed E-state index contributed by atoms with van der Waals surface area (Å²) in [5.41, 5.74) is -0.273. The number of amides is 1. The van der Waals surface area contributed by atoms with Crippen LogP contribution < -0.4 is 5.32 Å². The first-order valence-corrected chi connectivity index (χ1v) is 7.39. The second-order valence-electron chi connectivity index (χ2n) is 6.26. The Labute approximate surface area is 121 Å². The largest absolute Gasteiger partial charge is 0.416 e. The molecule has 2 nitrogen and oxygen atoms in total. The summed E-state index contributed by atoms with van der Waals surface area (Å²) in [6.07, 6.45) is 1.04. The van der Waals surface area contributed by atoms with Crippen LogP contribution in [0.1, 0.15) is 37.7 Å². The molecule has 3 atom stereocenters. The van der Waals surface area contributed by atoms with Crippen LogP contribution >= 0.6 is 0 Å². The molecule has 0 radical (unpaired) electrons. The molecule has 0 heterocycles. The Bertz CT molecular complexity index is 523. The van der Waals surface area contributed by atoms with E-state index in [-0.39, 0.29) is 5.91 Å². The maximum absolute atomic E-state index is 12.5. The van der Waals surface area contributed by atoms with Crippen LogP contribution in [-0.4, -0.2) is 5.91 Å². The monoisotopic (exact) mass is 297 g/mol. The zero-order valence-electron chi connectivity index (χ0n) is 11.6. The molecule has 0 aromatic heterocycles. The fraction of sp³-hybridized carbons (Fsp3) is 0.562. The number of alkyl halides is 3. The number of hydrogen-bond acceptors (Lipinski definition) is 1. The molecule has 1 aromatic rings. The number of hydrogen-bond donors (Lipinski definition) is 1. The highest BCUT2D eigenvalue weighted by atomic mass is 19.4. The third kappa shape index (κ3) is 3.22. The molecule has 2 aliphatic carbocycles. The summed E-state index contributed by atoms with van der Waals surface area (Å²) in [6, 6.07) is 4.60. The first-order valence-electron chi connectivity index (χ1n) is 7.39. The van der Waals surface area contributed by atoms with Gasteiger partial charge in [0.1, 0.15) is 0 Å². The minimum Gasteiger partial charge on any atom is -0.326 e. The Morgan fingerprint density at radius 3 is 2.38 bits per heavy atom. The Balaban J connectivity index is 1.55. The molecule has 2 fully saturated rings. The standard InChI is InChI=1S/C16H18F3NO/c17-16(18,19)13-3-5-14(6-4-13)20-15(21)9-12-8-10-1-2-11(12)7-10/h3-6,10-12H,1-2,7-9H2,(H,20,21)/t10-,11-,12-/m1/s1. The van der Waals surface area contributed by atoms with E-state index in [9.17, 15) is 18.0 Å². The molecule has 2 saturated carbocycles. The Morgan fingerprint density at radius 2 is 1.86 bits per heavy atom. The molecule has 0 saturated heterocycles. The quantitative estimate of drug-likeness (QED) is 0.876. The molecule has 21 heavy (non-hydrogen) atoms. The SMILES string of the molecule is O=C(C[C@H]1C[C@@H]2CC[C@@H]1C2)Nc1ccc(C(F)(F)F)cc1. The summed E-state index contributed by atoms with van der Waals surface area (Å²) >= 11 is 0. The van der Waals surface area contributed by atoms with Crippen LogP contribution in [0, 0.1) is 17.8 Å². The van der Waals surface area contributed by atoms with Crippen molar-refractivity contribution in [2.45, 2.75) is 38.3 Å². The van der Waals surface area contributed by atoms with E-state index in [1.54, 1.807) is 0 Å². The van der Waals surface area contributed by atoms with Crippen molar-refractivity contribution < 1.29 is 18.0 Å². The topological polar surface area (TPSA) is 29.1 Å². The molecule has 0 aliphatic heterocycles. The third-order valence-corrected chi connectivity index (χ3v) is 4.83. The summed E-state index contributed by atoms with van der Waals surface area (Å²) in [6.45, 7) is 0. The lowest BCUT2D eigenvalue weighted by Crippen LogP contribution is -2.20. The van der Waals surface area contributed by atoms with Crippen LogP contribution in [0.15, 0.2) is 24.3 Å². The predicted octanol–water partition coefficient (Wildman–Crippen LogP) is 4.47.